The molecular formula is C13H16N4O. The van der Waals surface area contributed by atoms with Crippen LogP contribution in [0.1, 0.15) is 25.0 Å². The van der Waals surface area contributed by atoms with Crippen LogP contribution in [0.4, 0.5) is 5.69 Å². The lowest BCUT2D eigenvalue weighted by Crippen LogP contribution is -2.33. The van der Waals surface area contributed by atoms with Crippen molar-refractivity contribution in [3.8, 4) is 0 Å². The van der Waals surface area contributed by atoms with Crippen molar-refractivity contribution in [2.24, 2.45) is 5.11 Å². The fourth-order valence-corrected chi connectivity index (χ4v) is 2.41. The molecule has 0 bridgehead atoms. The van der Waals surface area contributed by atoms with Gasteiger partial charge in [0.15, 0.2) is 0 Å². The number of benzene rings is 1. The second-order valence-electron chi connectivity index (χ2n) is 5.05. The molecule has 1 aliphatic rings. The standard InChI is InChI=1S/C13H16N4O/c1-13(2)10-5-4-9(6-7-15-16-14)8-11(10)17(3)12(13)18/h4-5,8H,6-7H2,1-3H3. The van der Waals surface area contributed by atoms with Gasteiger partial charge in [-0.3, -0.25) is 4.79 Å². The predicted octanol–water partition coefficient (Wildman–Crippen LogP) is 2.79. The average Bonchev–Trinajstić information content (AvgIpc) is 2.52. The summed E-state index contributed by atoms with van der Waals surface area (Å²) >= 11 is 0. The Bertz CT molecular complexity index is 544. The van der Waals surface area contributed by atoms with Crippen molar-refractivity contribution in [1.82, 2.24) is 0 Å². The van der Waals surface area contributed by atoms with Gasteiger partial charge in [0.1, 0.15) is 0 Å². The Labute approximate surface area is 106 Å². The van der Waals surface area contributed by atoms with E-state index in [9.17, 15) is 4.79 Å². The van der Waals surface area contributed by atoms with E-state index < -0.39 is 5.41 Å². The summed E-state index contributed by atoms with van der Waals surface area (Å²) < 4.78 is 0. The third-order valence-corrected chi connectivity index (χ3v) is 3.50. The first kappa shape index (κ1) is 12.5. The van der Waals surface area contributed by atoms with Crippen molar-refractivity contribution in [2.75, 3.05) is 18.5 Å². The predicted molar refractivity (Wildman–Crippen MR) is 70.6 cm³/mol. The molecule has 0 aliphatic carbocycles. The second kappa shape index (κ2) is 4.35. The quantitative estimate of drug-likeness (QED) is 0.458. The van der Waals surface area contributed by atoms with Crippen LogP contribution in [0, 0.1) is 0 Å². The van der Waals surface area contributed by atoms with Gasteiger partial charge in [-0.2, -0.15) is 0 Å². The van der Waals surface area contributed by atoms with E-state index in [2.05, 4.69) is 10.0 Å². The van der Waals surface area contributed by atoms with Crippen LogP contribution in [0.25, 0.3) is 10.4 Å². The highest BCUT2D eigenvalue weighted by Gasteiger charge is 2.41. The highest BCUT2D eigenvalue weighted by molar-refractivity contribution is 6.07. The van der Waals surface area contributed by atoms with Crippen molar-refractivity contribution in [1.29, 1.82) is 0 Å². The van der Waals surface area contributed by atoms with E-state index in [1.165, 1.54) is 0 Å². The van der Waals surface area contributed by atoms with Gasteiger partial charge >= 0.3 is 0 Å². The van der Waals surface area contributed by atoms with E-state index in [1.807, 2.05) is 32.0 Å². The smallest absolute Gasteiger partial charge is 0.236 e. The molecule has 1 aromatic carbocycles. The molecule has 0 saturated carbocycles. The molecular weight excluding hydrogens is 228 g/mol. The molecule has 5 heteroatoms. The topological polar surface area (TPSA) is 69.1 Å². The van der Waals surface area contributed by atoms with Crippen LogP contribution >= 0.6 is 0 Å². The lowest BCUT2D eigenvalue weighted by atomic mass is 9.86. The summed E-state index contributed by atoms with van der Waals surface area (Å²) in [4.78, 5) is 16.5. The first-order valence-corrected chi connectivity index (χ1v) is 5.91. The Balaban J connectivity index is 2.34. The number of carbonyl (C=O) groups excluding carboxylic acids is 1. The van der Waals surface area contributed by atoms with E-state index >= 15 is 0 Å². The van der Waals surface area contributed by atoms with Crippen molar-refractivity contribution < 1.29 is 4.79 Å². The van der Waals surface area contributed by atoms with Gasteiger partial charge in [0.05, 0.1) is 5.41 Å². The number of likely N-dealkylation sites (N-methyl/N-ethyl adjacent to an activating group) is 1. The van der Waals surface area contributed by atoms with Gasteiger partial charge in [-0.05, 0) is 43.0 Å². The maximum Gasteiger partial charge on any atom is 0.236 e. The summed E-state index contributed by atoms with van der Waals surface area (Å²) in [6.07, 6.45) is 0.694. The van der Waals surface area contributed by atoms with E-state index in [-0.39, 0.29) is 5.91 Å². The molecule has 1 amide bonds. The highest BCUT2D eigenvalue weighted by Crippen LogP contribution is 2.40. The molecule has 2 rings (SSSR count). The van der Waals surface area contributed by atoms with E-state index in [0.717, 1.165) is 16.8 Å². The zero-order chi connectivity index (χ0) is 13.3. The van der Waals surface area contributed by atoms with Gasteiger partial charge in [0.2, 0.25) is 5.91 Å². The fourth-order valence-electron chi connectivity index (χ4n) is 2.41. The lowest BCUT2D eigenvalue weighted by molar-refractivity contribution is -0.121. The molecule has 0 fully saturated rings. The van der Waals surface area contributed by atoms with Crippen LogP contribution in [-0.2, 0) is 16.6 Å². The molecule has 18 heavy (non-hydrogen) atoms. The second-order valence-corrected chi connectivity index (χ2v) is 5.05. The number of amides is 1. The number of azide groups is 1. The Morgan fingerprint density at radius 1 is 1.44 bits per heavy atom. The Morgan fingerprint density at radius 2 is 2.17 bits per heavy atom. The van der Waals surface area contributed by atoms with Gasteiger partial charge in [-0.1, -0.05) is 17.2 Å². The number of hydrogen-bond acceptors (Lipinski definition) is 2. The van der Waals surface area contributed by atoms with E-state index in [0.29, 0.717) is 13.0 Å². The van der Waals surface area contributed by atoms with Crippen LogP contribution in [-0.4, -0.2) is 19.5 Å². The number of fused-ring (bicyclic) bond motifs is 1. The molecule has 0 N–H and O–H groups in total. The molecule has 5 nitrogen and oxygen atoms in total. The first-order valence-electron chi connectivity index (χ1n) is 5.91. The van der Waals surface area contributed by atoms with E-state index in [4.69, 9.17) is 5.53 Å². The maximum atomic E-state index is 12.1. The van der Waals surface area contributed by atoms with Gasteiger partial charge in [-0.15, -0.1) is 0 Å². The summed E-state index contributed by atoms with van der Waals surface area (Å²) in [5.41, 5.74) is 10.9. The summed E-state index contributed by atoms with van der Waals surface area (Å²) in [5, 5.41) is 3.52. The molecule has 0 radical (unpaired) electrons. The molecule has 0 aromatic heterocycles. The van der Waals surface area contributed by atoms with Crippen molar-refractivity contribution in [3.63, 3.8) is 0 Å². The number of anilines is 1. The lowest BCUT2D eigenvalue weighted by Gasteiger charge is -2.16. The van der Waals surface area contributed by atoms with E-state index in [1.54, 1.807) is 11.9 Å². The van der Waals surface area contributed by atoms with Crippen LogP contribution in [0.15, 0.2) is 23.3 Å². The summed E-state index contributed by atoms with van der Waals surface area (Å²) in [7, 11) is 1.80. The first-order chi connectivity index (χ1) is 8.48. The number of carbonyl (C=O) groups is 1. The molecule has 0 spiro atoms. The normalized spacial score (nSPS) is 16.4. The van der Waals surface area contributed by atoms with Gasteiger partial charge in [0.25, 0.3) is 0 Å². The molecule has 0 unspecified atom stereocenters. The van der Waals surface area contributed by atoms with Crippen LogP contribution in [0.5, 0.6) is 0 Å². The molecule has 0 atom stereocenters. The minimum atomic E-state index is -0.451. The number of nitrogens with zero attached hydrogens (tertiary/aromatic N) is 4. The van der Waals surface area contributed by atoms with Crippen LogP contribution in [0.2, 0.25) is 0 Å². The summed E-state index contributed by atoms with van der Waals surface area (Å²) in [6, 6.07) is 6.01. The van der Waals surface area contributed by atoms with Crippen LogP contribution in [0.3, 0.4) is 0 Å². The minimum absolute atomic E-state index is 0.115. The summed E-state index contributed by atoms with van der Waals surface area (Å²) in [5.74, 6) is 0.115. The Kier molecular flexibility index (Phi) is 3.01. The molecule has 1 aromatic rings. The van der Waals surface area contributed by atoms with Crippen molar-refractivity contribution in [2.45, 2.75) is 25.7 Å². The van der Waals surface area contributed by atoms with Gasteiger partial charge < -0.3 is 4.90 Å². The Morgan fingerprint density at radius 3 is 2.83 bits per heavy atom. The fraction of sp³-hybridized carbons (Fsp3) is 0.462. The zero-order valence-corrected chi connectivity index (χ0v) is 10.8. The van der Waals surface area contributed by atoms with Gasteiger partial charge in [-0.25, -0.2) is 0 Å². The molecule has 0 saturated heterocycles. The largest absolute Gasteiger partial charge is 0.314 e. The highest BCUT2D eigenvalue weighted by atomic mass is 16.2. The summed E-state index contributed by atoms with van der Waals surface area (Å²) in [6.45, 7) is 4.32. The Hall–Kier alpha value is -2.00. The zero-order valence-electron chi connectivity index (χ0n) is 10.8. The van der Waals surface area contributed by atoms with Crippen LogP contribution < -0.4 is 4.90 Å². The third-order valence-electron chi connectivity index (χ3n) is 3.50. The minimum Gasteiger partial charge on any atom is -0.314 e. The molecule has 94 valence electrons. The molecule has 1 aliphatic heterocycles. The van der Waals surface area contributed by atoms with Crippen molar-refractivity contribution in [3.05, 3.63) is 39.8 Å². The third kappa shape index (κ3) is 1.83. The monoisotopic (exact) mass is 244 g/mol. The van der Waals surface area contributed by atoms with Gasteiger partial charge in [0, 0.05) is 24.2 Å². The SMILES string of the molecule is CN1C(=O)C(C)(C)c2ccc(CCN=[N+]=[N-])cc21. The van der Waals surface area contributed by atoms with Crippen molar-refractivity contribution >= 4 is 11.6 Å². The average molecular weight is 244 g/mol. The molecule has 1 heterocycles. The number of hydrogen-bond donors (Lipinski definition) is 0. The maximum absolute atomic E-state index is 12.1. The number of rotatable bonds is 3.